The van der Waals surface area contributed by atoms with Crippen LogP contribution in [0.2, 0.25) is 0 Å². The molecule has 0 unspecified atom stereocenters. The molecule has 2 aliphatic heterocycles. The van der Waals surface area contributed by atoms with Crippen molar-refractivity contribution in [3.05, 3.63) is 17.5 Å². The van der Waals surface area contributed by atoms with Crippen LogP contribution in [0.1, 0.15) is 42.9 Å². The fourth-order valence-corrected chi connectivity index (χ4v) is 3.58. The maximum Gasteiger partial charge on any atom is 0.272 e. The number of hydrogen-bond acceptors (Lipinski definition) is 3. The highest BCUT2D eigenvalue weighted by Gasteiger charge is 2.33. The molecule has 3 heterocycles. The molecule has 3 rings (SSSR count). The van der Waals surface area contributed by atoms with Crippen LogP contribution in [-0.2, 0) is 13.5 Å². The Bertz CT molecular complexity index is 522. The van der Waals surface area contributed by atoms with Crippen LogP contribution in [0.15, 0.2) is 6.07 Å². The van der Waals surface area contributed by atoms with Crippen molar-refractivity contribution < 1.29 is 4.79 Å². The number of aromatic nitrogens is 2. The van der Waals surface area contributed by atoms with E-state index in [0.717, 1.165) is 37.4 Å². The average molecular weight is 290 g/mol. The molecule has 2 fully saturated rings. The number of carbonyl (C=O) groups is 1. The van der Waals surface area contributed by atoms with Gasteiger partial charge in [0.15, 0.2) is 0 Å². The number of aryl methyl sites for hydroxylation is 1. The molecule has 1 atom stereocenters. The summed E-state index contributed by atoms with van der Waals surface area (Å²) >= 11 is 0. The molecule has 2 aliphatic rings. The molecule has 0 saturated carbocycles. The summed E-state index contributed by atoms with van der Waals surface area (Å²) in [5, 5.41) is 4.49. The minimum atomic E-state index is 0.145. The number of hydrogen-bond donors (Lipinski definition) is 0. The Morgan fingerprint density at radius 3 is 2.95 bits per heavy atom. The molecule has 5 nitrogen and oxygen atoms in total. The molecule has 0 bridgehead atoms. The van der Waals surface area contributed by atoms with Gasteiger partial charge in [0.1, 0.15) is 5.69 Å². The lowest BCUT2D eigenvalue weighted by Gasteiger charge is -2.37. The van der Waals surface area contributed by atoms with Crippen LogP contribution >= 0.6 is 0 Å². The van der Waals surface area contributed by atoms with E-state index in [1.165, 1.54) is 19.4 Å². The zero-order valence-electron chi connectivity index (χ0n) is 13.4. The molecule has 116 valence electrons. The van der Waals surface area contributed by atoms with E-state index in [1.54, 1.807) is 4.68 Å². The van der Waals surface area contributed by atoms with Crippen molar-refractivity contribution >= 4 is 5.91 Å². The first-order chi connectivity index (χ1) is 10.0. The topological polar surface area (TPSA) is 41.4 Å². The van der Waals surface area contributed by atoms with E-state index in [1.807, 2.05) is 18.0 Å². The Kier molecular flexibility index (Phi) is 4.02. The quantitative estimate of drug-likeness (QED) is 0.848. The Morgan fingerprint density at radius 1 is 1.38 bits per heavy atom. The molecule has 5 heteroatoms. The summed E-state index contributed by atoms with van der Waals surface area (Å²) < 4.78 is 1.75. The van der Waals surface area contributed by atoms with Crippen LogP contribution in [0.25, 0.3) is 0 Å². The smallest absolute Gasteiger partial charge is 0.272 e. The van der Waals surface area contributed by atoms with E-state index in [9.17, 15) is 4.79 Å². The number of amides is 1. The first kappa shape index (κ1) is 14.6. The highest BCUT2D eigenvalue weighted by atomic mass is 16.2. The fraction of sp³-hybridized carbons (Fsp3) is 0.750. The maximum absolute atomic E-state index is 12.8. The third kappa shape index (κ3) is 2.98. The van der Waals surface area contributed by atoms with Crippen LogP contribution in [-0.4, -0.2) is 57.7 Å². The Balaban J connectivity index is 1.71. The van der Waals surface area contributed by atoms with Crippen molar-refractivity contribution in [2.75, 3.05) is 26.2 Å². The third-order valence-electron chi connectivity index (χ3n) is 4.64. The standard InChI is InChI=1S/C16H26N4O/c1-12(2)9-13-10-15(18(3)17-13)16(21)20-8-7-19-6-4-5-14(19)11-20/h10,12,14H,4-9,11H2,1-3H3/t14-/m1/s1. The van der Waals surface area contributed by atoms with E-state index in [0.29, 0.717) is 12.0 Å². The lowest BCUT2D eigenvalue weighted by atomic mass is 10.1. The number of rotatable bonds is 3. The lowest BCUT2D eigenvalue weighted by Crippen LogP contribution is -2.52. The molecule has 1 aromatic rings. The average Bonchev–Trinajstić information content (AvgIpc) is 3.02. The summed E-state index contributed by atoms with van der Waals surface area (Å²) in [7, 11) is 1.88. The third-order valence-corrected chi connectivity index (χ3v) is 4.64. The molecule has 2 saturated heterocycles. The summed E-state index contributed by atoms with van der Waals surface area (Å²) in [6.45, 7) is 8.30. The fourth-order valence-electron chi connectivity index (χ4n) is 3.58. The Labute approximate surface area is 126 Å². The molecule has 21 heavy (non-hydrogen) atoms. The normalized spacial score (nSPS) is 22.9. The largest absolute Gasteiger partial charge is 0.334 e. The van der Waals surface area contributed by atoms with Crippen molar-refractivity contribution in [1.82, 2.24) is 19.6 Å². The second kappa shape index (κ2) is 5.79. The molecule has 0 radical (unpaired) electrons. The van der Waals surface area contributed by atoms with Gasteiger partial charge in [0.2, 0.25) is 0 Å². The van der Waals surface area contributed by atoms with Crippen molar-refractivity contribution in [1.29, 1.82) is 0 Å². The molecule has 1 aromatic heterocycles. The van der Waals surface area contributed by atoms with E-state index >= 15 is 0 Å². The Hall–Kier alpha value is -1.36. The van der Waals surface area contributed by atoms with E-state index in [2.05, 4.69) is 23.8 Å². The van der Waals surface area contributed by atoms with Gasteiger partial charge in [0.25, 0.3) is 5.91 Å². The molecule has 0 spiro atoms. The van der Waals surface area contributed by atoms with Crippen molar-refractivity contribution in [2.24, 2.45) is 13.0 Å². The predicted molar refractivity (Wildman–Crippen MR) is 82.2 cm³/mol. The van der Waals surface area contributed by atoms with Gasteiger partial charge >= 0.3 is 0 Å². The van der Waals surface area contributed by atoms with E-state index < -0.39 is 0 Å². The molecular formula is C16H26N4O. The van der Waals surface area contributed by atoms with Gasteiger partial charge in [0.05, 0.1) is 5.69 Å². The minimum Gasteiger partial charge on any atom is -0.334 e. The first-order valence-corrected chi connectivity index (χ1v) is 8.11. The number of nitrogens with zero attached hydrogens (tertiary/aromatic N) is 4. The van der Waals surface area contributed by atoms with Crippen molar-refractivity contribution in [3.8, 4) is 0 Å². The van der Waals surface area contributed by atoms with E-state index in [4.69, 9.17) is 0 Å². The van der Waals surface area contributed by atoms with Crippen LogP contribution in [0.3, 0.4) is 0 Å². The van der Waals surface area contributed by atoms with Crippen LogP contribution < -0.4 is 0 Å². The molecule has 0 aromatic carbocycles. The van der Waals surface area contributed by atoms with Gasteiger partial charge < -0.3 is 4.90 Å². The van der Waals surface area contributed by atoms with Gasteiger partial charge in [-0.05, 0) is 37.8 Å². The van der Waals surface area contributed by atoms with Gasteiger partial charge in [-0.3, -0.25) is 14.4 Å². The predicted octanol–water partition coefficient (Wildman–Crippen LogP) is 1.54. The molecule has 1 amide bonds. The zero-order chi connectivity index (χ0) is 15.0. The van der Waals surface area contributed by atoms with Gasteiger partial charge in [-0.2, -0.15) is 5.10 Å². The maximum atomic E-state index is 12.8. The van der Waals surface area contributed by atoms with Crippen LogP contribution in [0.5, 0.6) is 0 Å². The minimum absolute atomic E-state index is 0.145. The first-order valence-electron chi connectivity index (χ1n) is 8.11. The number of carbonyl (C=O) groups excluding carboxylic acids is 1. The highest BCUT2D eigenvalue weighted by molar-refractivity contribution is 5.92. The lowest BCUT2D eigenvalue weighted by molar-refractivity contribution is 0.0561. The Morgan fingerprint density at radius 2 is 2.19 bits per heavy atom. The molecule has 0 N–H and O–H groups in total. The van der Waals surface area contributed by atoms with Crippen molar-refractivity contribution in [2.45, 2.75) is 39.2 Å². The summed E-state index contributed by atoms with van der Waals surface area (Å²) in [5.74, 6) is 0.705. The molecular weight excluding hydrogens is 264 g/mol. The SMILES string of the molecule is CC(C)Cc1cc(C(=O)N2CCN3CCC[C@@H]3C2)n(C)n1. The van der Waals surface area contributed by atoms with Gasteiger partial charge in [-0.1, -0.05) is 13.8 Å². The zero-order valence-corrected chi connectivity index (χ0v) is 13.4. The van der Waals surface area contributed by atoms with Gasteiger partial charge in [-0.25, -0.2) is 0 Å². The second-order valence-corrected chi connectivity index (χ2v) is 6.83. The number of piperazine rings is 1. The highest BCUT2D eigenvalue weighted by Crippen LogP contribution is 2.22. The summed E-state index contributed by atoms with van der Waals surface area (Å²) in [5.41, 5.74) is 1.76. The van der Waals surface area contributed by atoms with Gasteiger partial charge in [-0.15, -0.1) is 0 Å². The van der Waals surface area contributed by atoms with Crippen LogP contribution in [0.4, 0.5) is 0 Å². The second-order valence-electron chi connectivity index (χ2n) is 6.83. The van der Waals surface area contributed by atoms with Crippen molar-refractivity contribution in [3.63, 3.8) is 0 Å². The van der Waals surface area contributed by atoms with Gasteiger partial charge in [0, 0.05) is 32.7 Å². The molecule has 0 aliphatic carbocycles. The summed E-state index contributed by atoms with van der Waals surface area (Å²) in [4.78, 5) is 17.3. The van der Waals surface area contributed by atoms with E-state index in [-0.39, 0.29) is 5.91 Å². The monoisotopic (exact) mass is 290 g/mol. The number of fused-ring (bicyclic) bond motifs is 1. The summed E-state index contributed by atoms with van der Waals surface area (Å²) in [6, 6.07) is 2.55. The summed E-state index contributed by atoms with van der Waals surface area (Å²) in [6.07, 6.45) is 3.43. The van der Waals surface area contributed by atoms with Crippen LogP contribution in [0, 0.1) is 5.92 Å².